The molecule has 1 atom stereocenters. The molecule has 1 N–H and O–H groups in total. The van der Waals surface area contributed by atoms with Gasteiger partial charge in [-0.3, -0.25) is 4.98 Å². The van der Waals surface area contributed by atoms with Gasteiger partial charge in [-0.2, -0.15) is 5.26 Å². The monoisotopic (exact) mass is 272 g/mol. The molecule has 96 valence electrons. The van der Waals surface area contributed by atoms with Gasteiger partial charge in [0.15, 0.2) is 0 Å². The molecule has 0 spiro atoms. The zero-order valence-corrected chi connectivity index (χ0v) is 11.4. The van der Waals surface area contributed by atoms with Crippen LogP contribution in [0.3, 0.4) is 0 Å². The second-order valence-electron chi connectivity index (χ2n) is 4.21. The Bertz CT molecular complexity index is 619. The van der Waals surface area contributed by atoms with Gasteiger partial charge in [0.25, 0.3) is 0 Å². The Kier molecular flexibility index (Phi) is 3.98. The van der Waals surface area contributed by atoms with Crippen molar-refractivity contribution >= 4 is 17.4 Å². The zero-order valence-electron chi connectivity index (χ0n) is 10.7. The van der Waals surface area contributed by atoms with Crippen LogP contribution in [0.15, 0.2) is 30.7 Å². The molecule has 4 nitrogen and oxygen atoms in total. The third-order valence-electron chi connectivity index (χ3n) is 2.95. The van der Waals surface area contributed by atoms with E-state index in [1.165, 1.54) is 0 Å². The number of nitriles is 1. The molecule has 2 heterocycles. The molecule has 0 amide bonds. The molecule has 0 radical (unpaired) electrons. The van der Waals surface area contributed by atoms with E-state index >= 15 is 0 Å². The van der Waals surface area contributed by atoms with E-state index in [-0.39, 0.29) is 6.04 Å². The molecule has 0 unspecified atom stereocenters. The maximum Gasteiger partial charge on any atom is 0.144 e. The molecule has 0 aromatic carbocycles. The van der Waals surface area contributed by atoms with E-state index < -0.39 is 0 Å². The van der Waals surface area contributed by atoms with Crippen molar-refractivity contribution in [2.45, 2.75) is 19.9 Å². The Hall–Kier alpha value is -2.12. The van der Waals surface area contributed by atoms with Crippen molar-refractivity contribution in [1.29, 1.82) is 5.26 Å². The van der Waals surface area contributed by atoms with Gasteiger partial charge in [0.2, 0.25) is 0 Å². The summed E-state index contributed by atoms with van der Waals surface area (Å²) in [6, 6.07) is 6.02. The lowest BCUT2D eigenvalue weighted by Gasteiger charge is -2.16. The summed E-state index contributed by atoms with van der Waals surface area (Å²) >= 11 is 5.97. The van der Waals surface area contributed by atoms with Crippen molar-refractivity contribution in [2.75, 3.05) is 5.32 Å². The average molecular weight is 273 g/mol. The van der Waals surface area contributed by atoms with Gasteiger partial charge in [-0.05, 0) is 37.1 Å². The number of nitrogens with one attached hydrogen (secondary N) is 1. The van der Waals surface area contributed by atoms with Crippen LogP contribution in [0.25, 0.3) is 0 Å². The Morgan fingerprint density at radius 2 is 2.05 bits per heavy atom. The van der Waals surface area contributed by atoms with E-state index in [0.29, 0.717) is 16.4 Å². The summed E-state index contributed by atoms with van der Waals surface area (Å²) in [6.45, 7) is 3.81. The minimum absolute atomic E-state index is 0.0307. The lowest BCUT2D eigenvalue weighted by atomic mass is 10.1. The fourth-order valence-corrected chi connectivity index (χ4v) is 1.91. The highest BCUT2D eigenvalue weighted by Gasteiger charge is 2.13. The van der Waals surface area contributed by atoms with Gasteiger partial charge in [-0.25, -0.2) is 4.98 Å². The summed E-state index contributed by atoms with van der Waals surface area (Å²) in [6.07, 6.45) is 5.03. The predicted molar refractivity (Wildman–Crippen MR) is 75.0 cm³/mol. The first-order valence-electron chi connectivity index (χ1n) is 5.85. The average Bonchev–Trinajstić information content (AvgIpc) is 2.44. The van der Waals surface area contributed by atoms with Gasteiger partial charge in [0.1, 0.15) is 11.9 Å². The highest BCUT2D eigenvalue weighted by atomic mass is 35.5. The fraction of sp³-hybridized carbons (Fsp3) is 0.214. The van der Waals surface area contributed by atoms with E-state index in [2.05, 4.69) is 21.4 Å². The van der Waals surface area contributed by atoms with Crippen LogP contribution in [0.1, 0.15) is 29.7 Å². The Morgan fingerprint density at radius 1 is 1.37 bits per heavy atom. The molecule has 2 rings (SSSR count). The van der Waals surface area contributed by atoms with Gasteiger partial charge in [-0.1, -0.05) is 11.6 Å². The van der Waals surface area contributed by atoms with E-state index in [0.717, 1.165) is 11.1 Å². The number of hydrogen-bond donors (Lipinski definition) is 1. The van der Waals surface area contributed by atoms with Crippen molar-refractivity contribution in [3.05, 3.63) is 52.4 Å². The normalized spacial score (nSPS) is 11.7. The largest absolute Gasteiger partial charge is 0.362 e. The van der Waals surface area contributed by atoms with Crippen molar-refractivity contribution in [3.8, 4) is 6.07 Å². The maximum atomic E-state index is 9.21. The van der Waals surface area contributed by atoms with Crippen LogP contribution < -0.4 is 5.32 Å². The van der Waals surface area contributed by atoms with Gasteiger partial charge in [0.05, 0.1) is 16.6 Å². The lowest BCUT2D eigenvalue weighted by Crippen LogP contribution is -2.10. The SMILES string of the molecule is Cc1c(Cl)cnc(N[C@@H](C)c2ccncc2)c1C#N. The molecule has 0 fully saturated rings. The Balaban J connectivity index is 2.30. The van der Waals surface area contributed by atoms with E-state index in [1.807, 2.05) is 26.0 Å². The first-order chi connectivity index (χ1) is 9.13. The van der Waals surface area contributed by atoms with E-state index in [1.54, 1.807) is 18.6 Å². The molecule has 0 aliphatic rings. The molecule has 0 saturated heterocycles. The second kappa shape index (κ2) is 5.68. The number of aromatic nitrogens is 2. The summed E-state index contributed by atoms with van der Waals surface area (Å²) in [5.74, 6) is 0.550. The van der Waals surface area contributed by atoms with E-state index in [9.17, 15) is 5.26 Å². The summed E-state index contributed by atoms with van der Waals surface area (Å²) in [4.78, 5) is 8.18. The Morgan fingerprint density at radius 3 is 2.68 bits per heavy atom. The van der Waals surface area contributed by atoms with Crippen LogP contribution in [-0.2, 0) is 0 Å². The third kappa shape index (κ3) is 2.83. The van der Waals surface area contributed by atoms with Crippen LogP contribution >= 0.6 is 11.6 Å². The molecule has 0 bridgehead atoms. The van der Waals surface area contributed by atoms with Crippen molar-refractivity contribution < 1.29 is 0 Å². The first-order valence-corrected chi connectivity index (χ1v) is 6.23. The number of rotatable bonds is 3. The van der Waals surface area contributed by atoms with Crippen LogP contribution in [0, 0.1) is 18.3 Å². The van der Waals surface area contributed by atoms with Gasteiger partial charge in [-0.15, -0.1) is 0 Å². The highest BCUT2D eigenvalue weighted by Crippen LogP contribution is 2.26. The topological polar surface area (TPSA) is 61.6 Å². The van der Waals surface area contributed by atoms with Gasteiger partial charge < -0.3 is 5.32 Å². The van der Waals surface area contributed by atoms with Gasteiger partial charge >= 0.3 is 0 Å². The molecular formula is C14H13ClN4. The standard InChI is InChI=1S/C14H13ClN4/c1-9-12(7-16)14(18-8-13(9)15)19-10(2)11-3-5-17-6-4-11/h3-6,8,10H,1-2H3,(H,18,19)/t10-/m0/s1. The van der Waals surface area contributed by atoms with Crippen molar-refractivity contribution in [2.24, 2.45) is 0 Å². The molecular weight excluding hydrogens is 260 g/mol. The summed E-state index contributed by atoms with van der Waals surface area (Å²) in [7, 11) is 0. The second-order valence-corrected chi connectivity index (χ2v) is 4.62. The maximum absolute atomic E-state index is 9.21. The molecule has 2 aromatic rings. The Labute approximate surface area is 117 Å². The lowest BCUT2D eigenvalue weighted by molar-refractivity contribution is 0.869. The number of halogens is 1. The minimum Gasteiger partial charge on any atom is -0.362 e. The molecule has 5 heteroatoms. The van der Waals surface area contributed by atoms with Crippen molar-refractivity contribution in [1.82, 2.24) is 9.97 Å². The fourth-order valence-electron chi connectivity index (χ4n) is 1.77. The predicted octanol–water partition coefficient (Wildman–Crippen LogP) is 3.48. The van der Waals surface area contributed by atoms with E-state index in [4.69, 9.17) is 11.6 Å². The first kappa shape index (κ1) is 13.3. The van der Waals surface area contributed by atoms with Crippen LogP contribution in [0.5, 0.6) is 0 Å². The molecule has 19 heavy (non-hydrogen) atoms. The van der Waals surface area contributed by atoms with Crippen LogP contribution in [0.4, 0.5) is 5.82 Å². The van der Waals surface area contributed by atoms with Crippen LogP contribution in [-0.4, -0.2) is 9.97 Å². The summed E-state index contributed by atoms with van der Waals surface area (Å²) in [5, 5.41) is 12.9. The van der Waals surface area contributed by atoms with Crippen LogP contribution in [0.2, 0.25) is 5.02 Å². The number of nitrogens with zero attached hydrogens (tertiary/aromatic N) is 3. The minimum atomic E-state index is 0.0307. The summed E-state index contributed by atoms with van der Waals surface area (Å²) in [5.41, 5.74) is 2.30. The number of anilines is 1. The quantitative estimate of drug-likeness (QED) is 0.929. The molecule has 0 aliphatic carbocycles. The third-order valence-corrected chi connectivity index (χ3v) is 3.33. The highest BCUT2D eigenvalue weighted by molar-refractivity contribution is 6.31. The molecule has 0 saturated carbocycles. The van der Waals surface area contributed by atoms with Gasteiger partial charge in [0, 0.05) is 18.6 Å². The molecule has 0 aliphatic heterocycles. The molecule has 2 aromatic heterocycles. The number of hydrogen-bond acceptors (Lipinski definition) is 4. The number of pyridine rings is 2. The van der Waals surface area contributed by atoms with Crippen molar-refractivity contribution in [3.63, 3.8) is 0 Å². The zero-order chi connectivity index (χ0) is 13.8. The smallest absolute Gasteiger partial charge is 0.144 e. The summed E-state index contributed by atoms with van der Waals surface area (Å²) < 4.78 is 0.